The lowest BCUT2D eigenvalue weighted by Gasteiger charge is -2.24. The second-order valence-corrected chi connectivity index (χ2v) is 8.45. The van der Waals surface area contributed by atoms with Crippen LogP contribution < -0.4 is 9.73 Å². The van der Waals surface area contributed by atoms with Gasteiger partial charge in [0.2, 0.25) is 0 Å². The van der Waals surface area contributed by atoms with Crippen molar-refractivity contribution in [3.63, 3.8) is 0 Å². The van der Waals surface area contributed by atoms with Crippen LogP contribution in [0.15, 0.2) is 58.5 Å². The third-order valence-corrected chi connectivity index (χ3v) is 6.41. The molecule has 2 aromatic rings. The first-order valence-corrected chi connectivity index (χ1v) is 10.8. The van der Waals surface area contributed by atoms with E-state index in [9.17, 15) is 13.2 Å². The Morgan fingerprint density at radius 1 is 1.11 bits per heavy atom. The summed E-state index contributed by atoms with van der Waals surface area (Å²) in [6.45, 7) is 5.28. The van der Waals surface area contributed by atoms with Gasteiger partial charge in [0, 0.05) is 10.7 Å². The molecule has 0 atom stereocenters. The topological polar surface area (TPSA) is 78.8 Å². The van der Waals surface area contributed by atoms with Crippen molar-refractivity contribution in [1.82, 2.24) is 5.43 Å². The van der Waals surface area contributed by atoms with Gasteiger partial charge in [0.1, 0.15) is 6.54 Å². The van der Waals surface area contributed by atoms with Gasteiger partial charge in [-0.25, -0.2) is 13.8 Å². The molecule has 0 bridgehead atoms. The van der Waals surface area contributed by atoms with Crippen LogP contribution in [0.4, 0.5) is 5.69 Å². The molecule has 150 valence electrons. The molecule has 0 saturated carbocycles. The number of aryl methyl sites for hydroxylation is 1. The fourth-order valence-corrected chi connectivity index (χ4v) is 4.10. The summed E-state index contributed by atoms with van der Waals surface area (Å²) in [5, 5.41) is 4.48. The van der Waals surface area contributed by atoms with Gasteiger partial charge >= 0.3 is 0 Å². The van der Waals surface area contributed by atoms with Crippen molar-refractivity contribution < 1.29 is 13.2 Å². The Bertz CT molecular complexity index is 954. The number of amides is 1. The number of halogens is 1. The molecular weight excluding hydrogens is 398 g/mol. The number of nitrogens with zero attached hydrogens (tertiary/aromatic N) is 2. The maximum Gasteiger partial charge on any atom is 0.264 e. The molecule has 2 rings (SSSR count). The number of rotatable bonds is 8. The molecule has 0 aliphatic rings. The van der Waals surface area contributed by atoms with E-state index < -0.39 is 22.5 Å². The van der Waals surface area contributed by atoms with E-state index in [0.29, 0.717) is 23.6 Å². The van der Waals surface area contributed by atoms with Crippen LogP contribution >= 0.6 is 11.6 Å². The first-order valence-electron chi connectivity index (χ1n) is 8.97. The minimum Gasteiger partial charge on any atom is -0.271 e. The summed E-state index contributed by atoms with van der Waals surface area (Å²) in [5.74, 6) is -0.532. The van der Waals surface area contributed by atoms with Crippen LogP contribution in [-0.4, -0.2) is 26.6 Å². The zero-order valence-corrected chi connectivity index (χ0v) is 17.7. The third-order valence-electron chi connectivity index (χ3n) is 4.22. The summed E-state index contributed by atoms with van der Waals surface area (Å²) in [7, 11) is -3.96. The molecule has 0 fully saturated rings. The van der Waals surface area contributed by atoms with E-state index in [1.54, 1.807) is 30.3 Å². The number of hydrogen-bond acceptors (Lipinski definition) is 4. The molecule has 1 N–H and O–H groups in total. The number of nitrogens with one attached hydrogen (secondary N) is 1. The SMILES string of the molecule is CCC(CC)=NNC(=O)CN(c1ccc(C)c(Cl)c1)S(=O)(=O)c1ccccc1. The van der Waals surface area contributed by atoms with Crippen LogP contribution in [0.2, 0.25) is 5.02 Å². The Morgan fingerprint density at radius 3 is 2.32 bits per heavy atom. The Balaban J connectivity index is 2.41. The standard InChI is InChI=1S/C20H24ClN3O3S/c1-4-16(5-2)22-23-20(25)14-24(17-12-11-15(3)19(21)13-17)28(26,27)18-9-7-6-8-10-18/h6-13H,4-5,14H2,1-3H3,(H,23,25). The number of carbonyl (C=O) groups excluding carboxylic acids is 1. The van der Waals surface area contributed by atoms with E-state index in [1.807, 2.05) is 20.8 Å². The molecule has 0 aliphatic carbocycles. The van der Waals surface area contributed by atoms with Crippen molar-refractivity contribution in [2.75, 3.05) is 10.8 Å². The van der Waals surface area contributed by atoms with E-state index in [1.165, 1.54) is 18.2 Å². The van der Waals surface area contributed by atoms with Crippen LogP contribution in [-0.2, 0) is 14.8 Å². The monoisotopic (exact) mass is 421 g/mol. The lowest BCUT2D eigenvalue weighted by Crippen LogP contribution is -2.39. The average molecular weight is 422 g/mol. The third kappa shape index (κ3) is 5.33. The molecule has 28 heavy (non-hydrogen) atoms. The molecule has 2 aromatic carbocycles. The lowest BCUT2D eigenvalue weighted by atomic mass is 10.2. The number of hydrogen-bond donors (Lipinski definition) is 1. The Morgan fingerprint density at radius 2 is 1.75 bits per heavy atom. The summed E-state index contributed by atoms with van der Waals surface area (Å²) in [5.41, 5.74) is 4.39. The van der Waals surface area contributed by atoms with Crippen molar-refractivity contribution in [1.29, 1.82) is 0 Å². The molecule has 0 radical (unpaired) electrons. The molecule has 0 spiro atoms. The van der Waals surface area contributed by atoms with Gasteiger partial charge in [0.05, 0.1) is 10.6 Å². The molecule has 0 heterocycles. The fraction of sp³-hybridized carbons (Fsp3) is 0.300. The van der Waals surface area contributed by atoms with E-state index >= 15 is 0 Å². The molecular formula is C20H24ClN3O3S. The predicted octanol–water partition coefficient (Wildman–Crippen LogP) is 4.14. The number of benzene rings is 2. The van der Waals surface area contributed by atoms with E-state index in [2.05, 4.69) is 10.5 Å². The first kappa shape index (κ1) is 21.9. The number of sulfonamides is 1. The van der Waals surface area contributed by atoms with E-state index in [-0.39, 0.29) is 4.90 Å². The zero-order chi connectivity index (χ0) is 20.7. The van der Waals surface area contributed by atoms with Gasteiger partial charge in [0.15, 0.2) is 0 Å². The van der Waals surface area contributed by atoms with Crippen molar-refractivity contribution in [2.45, 2.75) is 38.5 Å². The summed E-state index contributed by atoms with van der Waals surface area (Å²) in [4.78, 5) is 12.5. The summed E-state index contributed by atoms with van der Waals surface area (Å²) < 4.78 is 27.4. The molecule has 1 amide bonds. The molecule has 0 saturated heterocycles. The van der Waals surface area contributed by atoms with Gasteiger partial charge in [-0.2, -0.15) is 5.10 Å². The molecule has 0 unspecified atom stereocenters. The highest BCUT2D eigenvalue weighted by atomic mass is 35.5. The maximum absolute atomic E-state index is 13.2. The smallest absolute Gasteiger partial charge is 0.264 e. The van der Waals surface area contributed by atoms with Gasteiger partial charge in [0.25, 0.3) is 15.9 Å². The Labute approximate surface area is 171 Å². The normalized spacial score (nSPS) is 11.0. The van der Waals surface area contributed by atoms with E-state index in [4.69, 9.17) is 11.6 Å². The minimum atomic E-state index is -3.96. The Hall–Kier alpha value is -2.38. The summed E-state index contributed by atoms with van der Waals surface area (Å²) in [6, 6.07) is 12.8. The van der Waals surface area contributed by atoms with Gasteiger partial charge in [-0.3, -0.25) is 9.10 Å². The number of hydrazone groups is 1. The average Bonchev–Trinajstić information content (AvgIpc) is 2.69. The summed E-state index contributed by atoms with van der Waals surface area (Å²) in [6.07, 6.45) is 1.41. The van der Waals surface area contributed by atoms with Crippen LogP contribution in [0, 0.1) is 6.92 Å². The second-order valence-electron chi connectivity index (χ2n) is 6.18. The van der Waals surface area contributed by atoms with Gasteiger partial charge in [-0.05, 0) is 49.6 Å². The highest BCUT2D eigenvalue weighted by Gasteiger charge is 2.27. The second kappa shape index (κ2) is 9.71. The highest BCUT2D eigenvalue weighted by Crippen LogP contribution is 2.27. The minimum absolute atomic E-state index is 0.0887. The molecule has 8 heteroatoms. The quantitative estimate of drug-likeness (QED) is 0.514. The first-order chi connectivity index (χ1) is 13.3. The van der Waals surface area contributed by atoms with Crippen molar-refractivity contribution in [3.05, 3.63) is 59.1 Å². The number of anilines is 1. The maximum atomic E-state index is 13.2. The highest BCUT2D eigenvalue weighted by molar-refractivity contribution is 7.92. The molecule has 0 aromatic heterocycles. The molecule has 6 nitrogen and oxygen atoms in total. The van der Waals surface area contributed by atoms with Crippen LogP contribution in [0.1, 0.15) is 32.3 Å². The van der Waals surface area contributed by atoms with E-state index in [0.717, 1.165) is 15.6 Å². The molecule has 0 aliphatic heterocycles. The fourth-order valence-electron chi connectivity index (χ4n) is 2.49. The van der Waals surface area contributed by atoms with Crippen molar-refractivity contribution >= 4 is 38.9 Å². The largest absolute Gasteiger partial charge is 0.271 e. The zero-order valence-electron chi connectivity index (χ0n) is 16.1. The predicted molar refractivity (Wildman–Crippen MR) is 113 cm³/mol. The summed E-state index contributed by atoms with van der Waals surface area (Å²) >= 11 is 6.19. The van der Waals surface area contributed by atoms with Gasteiger partial charge in [-0.15, -0.1) is 0 Å². The lowest BCUT2D eigenvalue weighted by molar-refractivity contribution is -0.119. The van der Waals surface area contributed by atoms with Gasteiger partial charge < -0.3 is 0 Å². The van der Waals surface area contributed by atoms with Crippen molar-refractivity contribution in [2.24, 2.45) is 5.10 Å². The van der Waals surface area contributed by atoms with Crippen molar-refractivity contribution in [3.8, 4) is 0 Å². The van der Waals surface area contributed by atoms with Gasteiger partial charge in [-0.1, -0.05) is 49.7 Å². The van der Waals surface area contributed by atoms with Crippen LogP contribution in [0.25, 0.3) is 0 Å². The number of carbonyl (C=O) groups is 1. The Kier molecular flexibility index (Phi) is 7.60. The van der Waals surface area contributed by atoms with Crippen LogP contribution in [0.5, 0.6) is 0 Å². The van der Waals surface area contributed by atoms with Crippen LogP contribution in [0.3, 0.4) is 0 Å².